The lowest BCUT2D eigenvalue weighted by atomic mass is 10.1. The topological polar surface area (TPSA) is 45.0 Å². The van der Waals surface area contributed by atoms with Crippen molar-refractivity contribution in [2.24, 2.45) is 0 Å². The highest BCUT2D eigenvalue weighted by Gasteiger charge is 2.23. The minimum Gasteiger partial charge on any atom is -0.380 e. The molecule has 2 unspecified atom stereocenters. The highest BCUT2D eigenvalue weighted by Crippen LogP contribution is 2.23. The van der Waals surface area contributed by atoms with Gasteiger partial charge in [0.25, 0.3) is 0 Å². The molecule has 0 aromatic heterocycles. The van der Waals surface area contributed by atoms with E-state index in [0.29, 0.717) is 11.6 Å². The molecule has 0 saturated carbocycles. The summed E-state index contributed by atoms with van der Waals surface area (Å²) in [6.07, 6.45) is 1.24. The number of nitrogens with zero attached hydrogens (tertiary/aromatic N) is 1. The zero-order valence-electron chi connectivity index (χ0n) is 9.03. The summed E-state index contributed by atoms with van der Waals surface area (Å²) < 4.78 is 6.40. The molecule has 0 bridgehead atoms. The van der Waals surface area contributed by atoms with Crippen molar-refractivity contribution >= 4 is 21.6 Å². The summed E-state index contributed by atoms with van der Waals surface area (Å²) in [5.74, 6) is 0. The molecule has 0 amide bonds. The average Bonchev–Trinajstić information content (AvgIpc) is 2.63. The van der Waals surface area contributed by atoms with E-state index >= 15 is 0 Å². The fourth-order valence-corrected chi connectivity index (χ4v) is 2.37. The summed E-state index contributed by atoms with van der Waals surface area (Å²) in [6, 6.07) is 8.12. The number of rotatable bonds is 2. The first-order valence-corrected chi connectivity index (χ1v) is 6.07. The molecule has 1 N–H and O–H groups in total. The molecule has 1 saturated heterocycles. The molecule has 16 heavy (non-hydrogen) atoms. The van der Waals surface area contributed by atoms with Crippen molar-refractivity contribution in [1.29, 1.82) is 5.26 Å². The zero-order chi connectivity index (χ0) is 11.5. The van der Waals surface area contributed by atoms with E-state index in [9.17, 15) is 0 Å². The second-order valence-corrected chi connectivity index (χ2v) is 4.87. The van der Waals surface area contributed by atoms with Crippen LogP contribution in [-0.2, 0) is 4.74 Å². The normalized spacial score (nSPS) is 24.1. The molecule has 4 heteroatoms. The van der Waals surface area contributed by atoms with Crippen LogP contribution in [0.3, 0.4) is 0 Å². The highest BCUT2D eigenvalue weighted by molar-refractivity contribution is 9.10. The van der Waals surface area contributed by atoms with E-state index in [-0.39, 0.29) is 6.10 Å². The van der Waals surface area contributed by atoms with Crippen LogP contribution < -0.4 is 5.32 Å². The monoisotopic (exact) mass is 280 g/mol. The largest absolute Gasteiger partial charge is 0.380 e. The summed E-state index contributed by atoms with van der Waals surface area (Å²) in [4.78, 5) is 0. The summed E-state index contributed by atoms with van der Waals surface area (Å²) in [5, 5.41) is 12.3. The SMILES string of the molecule is CC1OCCC1Nc1cc(Br)cc(C#N)c1. The molecule has 3 nitrogen and oxygen atoms in total. The summed E-state index contributed by atoms with van der Waals surface area (Å²) >= 11 is 3.40. The second-order valence-electron chi connectivity index (χ2n) is 3.96. The van der Waals surface area contributed by atoms with Gasteiger partial charge in [-0.2, -0.15) is 5.26 Å². The first-order valence-electron chi connectivity index (χ1n) is 5.28. The predicted octanol–water partition coefficient (Wildman–Crippen LogP) is 2.91. The van der Waals surface area contributed by atoms with E-state index in [1.54, 1.807) is 6.07 Å². The van der Waals surface area contributed by atoms with Crippen molar-refractivity contribution < 1.29 is 4.74 Å². The maximum atomic E-state index is 8.88. The summed E-state index contributed by atoms with van der Waals surface area (Å²) in [7, 11) is 0. The van der Waals surface area contributed by atoms with Gasteiger partial charge >= 0.3 is 0 Å². The van der Waals surface area contributed by atoms with Crippen molar-refractivity contribution in [2.45, 2.75) is 25.5 Å². The highest BCUT2D eigenvalue weighted by atomic mass is 79.9. The Balaban J connectivity index is 2.15. The van der Waals surface area contributed by atoms with Gasteiger partial charge in [-0.3, -0.25) is 0 Å². The first-order chi connectivity index (χ1) is 7.69. The van der Waals surface area contributed by atoms with Crippen molar-refractivity contribution in [2.75, 3.05) is 11.9 Å². The number of nitriles is 1. The van der Waals surface area contributed by atoms with Crippen molar-refractivity contribution in [3.8, 4) is 6.07 Å². The zero-order valence-corrected chi connectivity index (χ0v) is 10.6. The van der Waals surface area contributed by atoms with Crippen LogP contribution in [0, 0.1) is 11.3 Å². The Morgan fingerprint density at radius 3 is 2.94 bits per heavy atom. The predicted molar refractivity (Wildman–Crippen MR) is 66.3 cm³/mol. The van der Waals surface area contributed by atoms with E-state index in [0.717, 1.165) is 23.2 Å². The molecule has 2 atom stereocenters. The van der Waals surface area contributed by atoms with Gasteiger partial charge in [-0.05, 0) is 31.5 Å². The van der Waals surface area contributed by atoms with Crippen LogP contribution in [0.4, 0.5) is 5.69 Å². The fraction of sp³-hybridized carbons (Fsp3) is 0.417. The lowest BCUT2D eigenvalue weighted by Gasteiger charge is -2.17. The van der Waals surface area contributed by atoms with Gasteiger partial charge in [0.15, 0.2) is 0 Å². The van der Waals surface area contributed by atoms with Gasteiger partial charge in [-0.25, -0.2) is 0 Å². The number of hydrogen-bond donors (Lipinski definition) is 1. The van der Waals surface area contributed by atoms with Crippen LogP contribution in [-0.4, -0.2) is 18.8 Å². The second kappa shape index (κ2) is 4.86. The minimum absolute atomic E-state index is 0.226. The molecule has 2 rings (SSSR count). The Kier molecular flexibility index (Phi) is 3.47. The average molecular weight is 281 g/mol. The summed E-state index contributed by atoms with van der Waals surface area (Å²) in [6.45, 7) is 2.87. The number of nitrogens with one attached hydrogen (secondary N) is 1. The van der Waals surface area contributed by atoms with Gasteiger partial charge in [0.2, 0.25) is 0 Å². The van der Waals surface area contributed by atoms with Gasteiger partial charge in [-0.1, -0.05) is 15.9 Å². The number of hydrogen-bond acceptors (Lipinski definition) is 3. The third-order valence-electron chi connectivity index (χ3n) is 2.76. The van der Waals surface area contributed by atoms with E-state index in [1.807, 2.05) is 12.1 Å². The van der Waals surface area contributed by atoms with Gasteiger partial charge in [0.1, 0.15) is 0 Å². The minimum atomic E-state index is 0.226. The van der Waals surface area contributed by atoms with Crippen LogP contribution >= 0.6 is 15.9 Å². The molecule has 0 aliphatic carbocycles. The Hall–Kier alpha value is -1.05. The van der Waals surface area contributed by atoms with E-state index < -0.39 is 0 Å². The third kappa shape index (κ3) is 2.55. The maximum Gasteiger partial charge on any atom is 0.0992 e. The quantitative estimate of drug-likeness (QED) is 0.906. The Morgan fingerprint density at radius 2 is 2.31 bits per heavy atom. The number of ether oxygens (including phenoxy) is 1. The number of anilines is 1. The van der Waals surface area contributed by atoms with Gasteiger partial charge in [0.05, 0.1) is 23.8 Å². The van der Waals surface area contributed by atoms with E-state index in [2.05, 4.69) is 34.2 Å². The number of halogens is 1. The van der Waals surface area contributed by atoms with Gasteiger partial charge < -0.3 is 10.1 Å². The molecule has 1 fully saturated rings. The van der Waals surface area contributed by atoms with E-state index in [1.165, 1.54) is 0 Å². The van der Waals surface area contributed by atoms with Crippen LogP contribution in [0.25, 0.3) is 0 Å². The molecule has 1 aliphatic heterocycles. The van der Waals surface area contributed by atoms with Crippen LogP contribution in [0.2, 0.25) is 0 Å². The van der Waals surface area contributed by atoms with Crippen LogP contribution in [0.5, 0.6) is 0 Å². The molecular formula is C12H13BrN2O. The Bertz CT molecular complexity index is 428. The fourth-order valence-electron chi connectivity index (χ4n) is 1.87. The lowest BCUT2D eigenvalue weighted by Crippen LogP contribution is -2.26. The molecule has 0 radical (unpaired) electrons. The first kappa shape index (κ1) is 11.4. The third-order valence-corrected chi connectivity index (χ3v) is 3.21. The maximum absolute atomic E-state index is 8.88. The molecule has 0 spiro atoms. The van der Waals surface area contributed by atoms with Crippen molar-refractivity contribution in [3.05, 3.63) is 28.2 Å². The van der Waals surface area contributed by atoms with E-state index in [4.69, 9.17) is 10.00 Å². The van der Waals surface area contributed by atoms with Crippen molar-refractivity contribution in [3.63, 3.8) is 0 Å². The van der Waals surface area contributed by atoms with Crippen molar-refractivity contribution in [1.82, 2.24) is 0 Å². The molecule has 1 heterocycles. The molecule has 1 aromatic carbocycles. The molecule has 1 aromatic rings. The van der Waals surface area contributed by atoms with Crippen LogP contribution in [0.1, 0.15) is 18.9 Å². The molecular weight excluding hydrogens is 268 g/mol. The van der Waals surface area contributed by atoms with Gasteiger partial charge in [0, 0.05) is 16.8 Å². The summed E-state index contributed by atoms with van der Waals surface area (Å²) in [5.41, 5.74) is 1.62. The van der Waals surface area contributed by atoms with Crippen LogP contribution in [0.15, 0.2) is 22.7 Å². The Labute approximate surface area is 104 Å². The number of benzene rings is 1. The lowest BCUT2D eigenvalue weighted by molar-refractivity contribution is 0.121. The molecule has 1 aliphatic rings. The Morgan fingerprint density at radius 1 is 1.50 bits per heavy atom. The molecule has 84 valence electrons. The standard InChI is InChI=1S/C12H13BrN2O/c1-8-12(2-3-16-8)15-11-5-9(7-14)4-10(13)6-11/h4-6,8,12,15H,2-3H2,1H3. The smallest absolute Gasteiger partial charge is 0.0992 e. The van der Waals surface area contributed by atoms with Gasteiger partial charge in [-0.15, -0.1) is 0 Å².